The SMILES string of the molecule is CC1=C(C)C(C)(C(c2ccccc2)c2ccccc2)[C]([Ti+3])=C1C.[Cl-].[Cl-].[Cl-]. The Labute approximate surface area is 188 Å². The van der Waals surface area contributed by atoms with Crippen molar-refractivity contribution < 1.29 is 57.7 Å². The average molecular weight is 442 g/mol. The van der Waals surface area contributed by atoms with Crippen LogP contribution in [0.1, 0.15) is 44.7 Å². The monoisotopic (exact) mass is 440 g/mol. The molecule has 0 saturated carbocycles. The summed E-state index contributed by atoms with van der Waals surface area (Å²) in [6, 6.07) is 21.9. The van der Waals surface area contributed by atoms with E-state index in [1.54, 1.807) is 0 Å². The number of benzene rings is 2. The largest absolute Gasteiger partial charge is 1.00 e. The van der Waals surface area contributed by atoms with E-state index in [-0.39, 0.29) is 42.6 Å². The van der Waals surface area contributed by atoms with E-state index in [1.165, 1.54) is 31.7 Å². The van der Waals surface area contributed by atoms with E-state index in [2.05, 4.69) is 109 Å². The quantitative estimate of drug-likeness (QED) is 0.446. The van der Waals surface area contributed by atoms with Gasteiger partial charge in [-0.15, -0.1) is 0 Å². The van der Waals surface area contributed by atoms with E-state index in [0.717, 1.165) is 0 Å². The third kappa shape index (κ3) is 4.16. The maximum Gasteiger partial charge on any atom is -1.00 e. The molecule has 0 aromatic heterocycles. The summed E-state index contributed by atoms with van der Waals surface area (Å²) in [7, 11) is 0. The van der Waals surface area contributed by atoms with Gasteiger partial charge in [0.05, 0.1) is 0 Å². The Morgan fingerprint density at radius 3 is 1.38 bits per heavy atom. The van der Waals surface area contributed by atoms with Gasteiger partial charge in [-0.2, -0.15) is 0 Å². The van der Waals surface area contributed by atoms with Gasteiger partial charge >= 0.3 is 152 Å². The molecule has 3 rings (SSSR count). The molecule has 0 bridgehead atoms. The van der Waals surface area contributed by atoms with Gasteiger partial charge in [0.15, 0.2) is 0 Å². The zero-order chi connectivity index (χ0) is 16.6. The van der Waals surface area contributed by atoms with Gasteiger partial charge in [0.2, 0.25) is 0 Å². The van der Waals surface area contributed by atoms with Gasteiger partial charge in [0.25, 0.3) is 0 Å². The molecule has 0 heterocycles. The first-order valence-electron chi connectivity index (χ1n) is 8.19. The zero-order valence-electron chi connectivity index (χ0n) is 15.5. The molecule has 0 N–H and O–H groups in total. The molecule has 0 spiro atoms. The van der Waals surface area contributed by atoms with Crippen LogP contribution in [0, 0.1) is 5.41 Å². The van der Waals surface area contributed by atoms with E-state index in [4.69, 9.17) is 0 Å². The summed E-state index contributed by atoms with van der Waals surface area (Å²) in [5, 5.41) is 0. The summed E-state index contributed by atoms with van der Waals surface area (Å²) in [5.41, 5.74) is 7.25. The van der Waals surface area contributed by atoms with Crippen molar-refractivity contribution in [1.29, 1.82) is 0 Å². The first-order chi connectivity index (χ1) is 11.0. The van der Waals surface area contributed by atoms with Crippen molar-refractivity contribution in [2.24, 2.45) is 5.41 Å². The molecular formula is C22H23Cl3Ti. The molecule has 4 heteroatoms. The van der Waals surface area contributed by atoms with Crippen LogP contribution in [0.3, 0.4) is 0 Å². The van der Waals surface area contributed by atoms with E-state index in [9.17, 15) is 0 Å². The molecule has 0 nitrogen and oxygen atoms in total. The first kappa shape index (κ1) is 25.5. The zero-order valence-corrected chi connectivity index (χ0v) is 19.3. The summed E-state index contributed by atoms with van der Waals surface area (Å²) < 4.78 is 1.50. The Balaban J connectivity index is 0.00000208. The molecule has 1 aliphatic rings. The van der Waals surface area contributed by atoms with Crippen LogP contribution in [0.15, 0.2) is 81.3 Å². The Kier molecular flexibility index (Phi) is 9.97. The minimum absolute atomic E-state index is 0. The van der Waals surface area contributed by atoms with Crippen LogP contribution in [-0.4, -0.2) is 0 Å². The van der Waals surface area contributed by atoms with Gasteiger partial charge < -0.3 is 37.2 Å². The Morgan fingerprint density at radius 1 is 0.692 bits per heavy atom. The second kappa shape index (κ2) is 10.2. The summed E-state index contributed by atoms with van der Waals surface area (Å²) in [4.78, 5) is 0. The number of hydrogen-bond donors (Lipinski definition) is 0. The Hall–Kier alpha value is -0.496. The fraction of sp³-hybridized carbons (Fsp3) is 0.273. The molecule has 26 heavy (non-hydrogen) atoms. The molecule has 0 saturated heterocycles. The maximum absolute atomic E-state index is 2.42. The summed E-state index contributed by atoms with van der Waals surface area (Å²) in [6.07, 6.45) is 0. The average Bonchev–Trinajstić information content (AvgIpc) is 2.73. The second-order valence-electron chi connectivity index (χ2n) is 6.71. The fourth-order valence-corrected chi connectivity index (χ4v) is 4.76. The smallest absolute Gasteiger partial charge is 1.00 e. The molecule has 1 atom stereocenters. The molecule has 1 unspecified atom stereocenters. The number of halogens is 3. The van der Waals surface area contributed by atoms with Gasteiger partial charge in [-0.05, 0) is 0 Å². The van der Waals surface area contributed by atoms with E-state index < -0.39 is 0 Å². The van der Waals surface area contributed by atoms with Gasteiger partial charge in [0, 0.05) is 0 Å². The standard InChI is InChI=1S/C22H23.3ClH.Ti/c1-16-15-22(4,18(3)17(16)2)21(19-11-7-5-8-12-19)20-13-9-6-10-14-20;;;;/h5-14,21H,1-4H3;3*1H;/q;;;;+3/p-3. The van der Waals surface area contributed by atoms with Crippen LogP contribution >= 0.6 is 0 Å². The molecule has 1 aliphatic carbocycles. The number of rotatable bonds is 3. The first-order valence-corrected chi connectivity index (χ1v) is 8.97. The summed E-state index contributed by atoms with van der Waals surface area (Å²) >= 11 is 2.31. The number of hydrogen-bond acceptors (Lipinski definition) is 0. The van der Waals surface area contributed by atoms with Gasteiger partial charge in [0.1, 0.15) is 0 Å². The van der Waals surface area contributed by atoms with E-state index in [0.29, 0.717) is 5.92 Å². The Morgan fingerprint density at radius 2 is 1.08 bits per heavy atom. The van der Waals surface area contributed by atoms with Crippen molar-refractivity contribution in [3.63, 3.8) is 0 Å². The normalized spacial score (nSPS) is 19.0. The van der Waals surface area contributed by atoms with E-state index >= 15 is 0 Å². The summed E-state index contributed by atoms with van der Waals surface area (Å²) in [5.74, 6) is 0.345. The third-order valence-corrected chi connectivity index (χ3v) is 7.04. The molecule has 2 aromatic carbocycles. The number of allylic oxidation sites excluding steroid dienone is 4. The van der Waals surface area contributed by atoms with Crippen molar-refractivity contribution in [3.8, 4) is 0 Å². The second-order valence-corrected chi connectivity index (χ2v) is 7.49. The molecule has 136 valence electrons. The van der Waals surface area contributed by atoms with Crippen molar-refractivity contribution >= 4 is 0 Å². The van der Waals surface area contributed by atoms with Crippen molar-refractivity contribution in [1.82, 2.24) is 0 Å². The predicted octanol–water partition coefficient (Wildman–Crippen LogP) is -2.99. The third-order valence-electron chi connectivity index (χ3n) is 5.64. The van der Waals surface area contributed by atoms with Crippen molar-refractivity contribution in [2.45, 2.75) is 33.6 Å². The maximum atomic E-state index is 2.42. The van der Waals surface area contributed by atoms with Gasteiger partial charge in [-0.1, -0.05) is 0 Å². The molecule has 0 aliphatic heterocycles. The molecule has 0 amide bonds. The molecular weight excluding hydrogens is 418 g/mol. The van der Waals surface area contributed by atoms with E-state index in [1.807, 2.05) is 0 Å². The van der Waals surface area contributed by atoms with Gasteiger partial charge in [-0.25, -0.2) is 0 Å². The molecule has 0 radical (unpaired) electrons. The van der Waals surface area contributed by atoms with Crippen LogP contribution in [-0.2, 0) is 20.4 Å². The summed E-state index contributed by atoms with van der Waals surface area (Å²) in [6.45, 7) is 9.27. The van der Waals surface area contributed by atoms with Crippen LogP contribution < -0.4 is 37.2 Å². The van der Waals surface area contributed by atoms with Crippen molar-refractivity contribution in [3.05, 3.63) is 92.4 Å². The fourth-order valence-electron chi connectivity index (χ4n) is 3.95. The van der Waals surface area contributed by atoms with Crippen LogP contribution in [0.2, 0.25) is 0 Å². The minimum atomic E-state index is 0. The minimum Gasteiger partial charge on any atom is -1.00 e. The predicted molar refractivity (Wildman–Crippen MR) is 93.9 cm³/mol. The van der Waals surface area contributed by atoms with Crippen molar-refractivity contribution in [2.75, 3.05) is 0 Å². The van der Waals surface area contributed by atoms with Crippen LogP contribution in [0.25, 0.3) is 0 Å². The molecule has 0 fully saturated rings. The van der Waals surface area contributed by atoms with Gasteiger partial charge in [-0.3, -0.25) is 0 Å². The van der Waals surface area contributed by atoms with Crippen LogP contribution in [0.4, 0.5) is 0 Å². The van der Waals surface area contributed by atoms with Crippen LogP contribution in [0.5, 0.6) is 0 Å². The Bertz CT molecular complexity index is 716. The molecule has 2 aromatic rings. The topological polar surface area (TPSA) is 0 Å².